The molecule has 0 aliphatic heterocycles. The van der Waals surface area contributed by atoms with Gasteiger partial charge in [-0.15, -0.1) is 0 Å². The van der Waals surface area contributed by atoms with Crippen molar-refractivity contribution in [3.05, 3.63) is 92.9 Å². The summed E-state index contributed by atoms with van der Waals surface area (Å²) in [6.07, 6.45) is 0. The first kappa shape index (κ1) is 29.9. The van der Waals surface area contributed by atoms with Crippen LogP contribution < -0.4 is 9.62 Å². The van der Waals surface area contributed by atoms with Crippen LogP contribution in [0.5, 0.6) is 0 Å². The predicted molar refractivity (Wildman–Crippen MR) is 157 cm³/mol. The van der Waals surface area contributed by atoms with Crippen molar-refractivity contribution in [2.45, 2.75) is 51.2 Å². The van der Waals surface area contributed by atoms with Crippen molar-refractivity contribution in [3.8, 4) is 0 Å². The molecule has 0 heterocycles. The predicted octanol–water partition coefficient (Wildman–Crippen LogP) is 5.66. The largest absolute Gasteiger partial charge is 0.352 e. The van der Waals surface area contributed by atoms with Crippen molar-refractivity contribution < 1.29 is 18.0 Å². The molecule has 3 aromatic carbocycles. The molecule has 0 aromatic heterocycles. The fourth-order valence-corrected chi connectivity index (χ4v) is 5.92. The fraction of sp³-hybridized carbons (Fsp3) is 0.286. The highest BCUT2D eigenvalue weighted by Gasteiger charge is 2.32. The lowest BCUT2D eigenvalue weighted by Crippen LogP contribution is -2.52. The van der Waals surface area contributed by atoms with Crippen molar-refractivity contribution in [2.24, 2.45) is 0 Å². The topological polar surface area (TPSA) is 86.8 Å². The van der Waals surface area contributed by atoms with Gasteiger partial charge in [0.1, 0.15) is 12.6 Å². The Labute approximate surface area is 241 Å². The molecule has 0 aliphatic carbocycles. The first-order chi connectivity index (χ1) is 17.9. The minimum absolute atomic E-state index is 0.0722. The number of rotatable bonds is 10. The van der Waals surface area contributed by atoms with Crippen molar-refractivity contribution in [1.82, 2.24) is 10.2 Å². The number of hydrogen-bond acceptors (Lipinski definition) is 4. The van der Waals surface area contributed by atoms with Crippen LogP contribution in [0.4, 0.5) is 5.69 Å². The molecular formula is C28H31Br2N3O4S. The molecule has 7 nitrogen and oxygen atoms in total. The Bertz CT molecular complexity index is 1380. The van der Waals surface area contributed by atoms with E-state index >= 15 is 0 Å². The maximum Gasteiger partial charge on any atom is 0.264 e. The van der Waals surface area contributed by atoms with Gasteiger partial charge in [0.05, 0.1) is 10.6 Å². The lowest BCUT2D eigenvalue weighted by Gasteiger charge is -2.32. The van der Waals surface area contributed by atoms with Crippen LogP contribution >= 0.6 is 31.9 Å². The average Bonchev–Trinajstić information content (AvgIpc) is 2.86. The number of carbonyl (C=O) groups excluding carboxylic acids is 2. The van der Waals surface area contributed by atoms with Crippen LogP contribution in [0, 0.1) is 6.92 Å². The number of halogens is 2. The molecule has 0 saturated carbocycles. The monoisotopic (exact) mass is 663 g/mol. The Balaban J connectivity index is 2.02. The van der Waals surface area contributed by atoms with Gasteiger partial charge in [-0.1, -0.05) is 61.7 Å². The standard InChI is InChI=1S/C28H31Br2N3O4S/c1-19(2)31-28(35)21(4)32(17-22-6-5-7-24(30)16-22)27(34)18-33(25-12-10-23(29)11-13-25)38(36,37)26-14-8-20(3)9-15-26/h5-16,19,21H,17-18H2,1-4H3,(H,31,35). The van der Waals surface area contributed by atoms with Crippen LogP contribution in [0.2, 0.25) is 0 Å². The van der Waals surface area contributed by atoms with Gasteiger partial charge in [0.2, 0.25) is 11.8 Å². The molecule has 3 aromatic rings. The van der Waals surface area contributed by atoms with Crippen molar-refractivity contribution in [3.63, 3.8) is 0 Å². The van der Waals surface area contributed by atoms with Crippen LogP contribution in [0.25, 0.3) is 0 Å². The molecule has 0 radical (unpaired) electrons. The van der Waals surface area contributed by atoms with Gasteiger partial charge >= 0.3 is 0 Å². The summed E-state index contributed by atoms with van der Waals surface area (Å²) in [5.74, 6) is -0.824. The third-order valence-corrected chi connectivity index (χ3v) is 8.65. The van der Waals surface area contributed by atoms with Crippen molar-refractivity contribution in [2.75, 3.05) is 10.8 Å². The van der Waals surface area contributed by atoms with Gasteiger partial charge in [-0.25, -0.2) is 8.42 Å². The van der Waals surface area contributed by atoms with Crippen LogP contribution in [0.15, 0.2) is 86.6 Å². The molecular weight excluding hydrogens is 634 g/mol. The van der Waals surface area contributed by atoms with Crippen LogP contribution in [0.1, 0.15) is 31.9 Å². The summed E-state index contributed by atoms with van der Waals surface area (Å²) in [7, 11) is -4.09. The van der Waals surface area contributed by atoms with Crippen LogP contribution in [-0.4, -0.2) is 43.8 Å². The maximum atomic E-state index is 13.9. The van der Waals surface area contributed by atoms with Crippen molar-refractivity contribution in [1.29, 1.82) is 0 Å². The minimum atomic E-state index is -4.09. The molecule has 1 N–H and O–H groups in total. The van der Waals surface area contributed by atoms with E-state index < -0.39 is 28.5 Å². The van der Waals surface area contributed by atoms with E-state index in [0.717, 1.165) is 24.4 Å². The number of sulfonamides is 1. The summed E-state index contributed by atoms with van der Waals surface area (Å²) in [5, 5.41) is 2.85. The Morgan fingerprint density at radius 1 is 0.895 bits per heavy atom. The third-order valence-electron chi connectivity index (χ3n) is 5.84. The normalized spacial score (nSPS) is 12.2. The van der Waals surface area contributed by atoms with Gasteiger partial charge in [0.25, 0.3) is 10.0 Å². The number of hydrogen-bond donors (Lipinski definition) is 1. The summed E-state index contributed by atoms with van der Waals surface area (Å²) < 4.78 is 30.3. The summed E-state index contributed by atoms with van der Waals surface area (Å²) in [6.45, 7) is 6.85. The number of amides is 2. The van der Waals surface area contributed by atoms with Crippen LogP contribution in [0.3, 0.4) is 0 Å². The molecule has 0 fully saturated rings. The van der Waals surface area contributed by atoms with E-state index in [9.17, 15) is 18.0 Å². The number of anilines is 1. The average molecular weight is 665 g/mol. The number of aryl methyl sites for hydroxylation is 1. The quantitative estimate of drug-likeness (QED) is 0.303. The van der Waals surface area contributed by atoms with Gasteiger partial charge in [-0.3, -0.25) is 13.9 Å². The minimum Gasteiger partial charge on any atom is -0.352 e. The van der Waals surface area contributed by atoms with E-state index in [-0.39, 0.29) is 23.4 Å². The van der Waals surface area contributed by atoms with E-state index in [0.29, 0.717) is 5.69 Å². The molecule has 10 heteroatoms. The van der Waals surface area contributed by atoms with Crippen molar-refractivity contribution >= 4 is 59.4 Å². The highest BCUT2D eigenvalue weighted by molar-refractivity contribution is 9.10. The van der Waals surface area contributed by atoms with Gasteiger partial charge in [0.15, 0.2) is 0 Å². The van der Waals surface area contributed by atoms with Gasteiger partial charge < -0.3 is 10.2 Å². The molecule has 1 unspecified atom stereocenters. The number of benzene rings is 3. The third kappa shape index (κ3) is 7.68. The van der Waals surface area contributed by atoms with E-state index in [4.69, 9.17) is 0 Å². The van der Waals surface area contributed by atoms with E-state index in [1.165, 1.54) is 17.0 Å². The van der Waals surface area contributed by atoms with Gasteiger partial charge in [0, 0.05) is 21.5 Å². The Hall–Kier alpha value is -2.69. The Morgan fingerprint density at radius 3 is 2.11 bits per heavy atom. The zero-order valence-corrected chi connectivity index (χ0v) is 25.7. The van der Waals surface area contributed by atoms with E-state index in [1.807, 2.05) is 45.0 Å². The lowest BCUT2D eigenvalue weighted by atomic mass is 10.1. The second kappa shape index (κ2) is 12.9. The Morgan fingerprint density at radius 2 is 1.53 bits per heavy atom. The first-order valence-electron chi connectivity index (χ1n) is 12.1. The molecule has 1 atom stereocenters. The summed E-state index contributed by atoms with van der Waals surface area (Å²) >= 11 is 6.83. The molecule has 0 aliphatic rings. The summed E-state index contributed by atoms with van der Waals surface area (Å²) in [4.78, 5) is 28.3. The zero-order valence-electron chi connectivity index (χ0n) is 21.7. The van der Waals surface area contributed by atoms with Gasteiger partial charge in [-0.2, -0.15) is 0 Å². The molecule has 38 heavy (non-hydrogen) atoms. The van der Waals surface area contributed by atoms with Crippen LogP contribution in [-0.2, 0) is 26.2 Å². The molecule has 2 amide bonds. The SMILES string of the molecule is Cc1ccc(S(=O)(=O)N(CC(=O)N(Cc2cccc(Br)c2)C(C)C(=O)NC(C)C)c2ccc(Br)cc2)cc1. The van der Waals surface area contributed by atoms with E-state index in [1.54, 1.807) is 43.3 Å². The molecule has 202 valence electrons. The molecule has 0 spiro atoms. The smallest absolute Gasteiger partial charge is 0.264 e. The maximum absolute atomic E-state index is 13.9. The zero-order chi connectivity index (χ0) is 28.0. The highest BCUT2D eigenvalue weighted by atomic mass is 79.9. The first-order valence-corrected chi connectivity index (χ1v) is 15.1. The summed E-state index contributed by atoms with van der Waals surface area (Å²) in [6, 6.07) is 19.7. The fourth-order valence-electron chi connectivity index (χ4n) is 3.79. The van der Waals surface area contributed by atoms with E-state index in [2.05, 4.69) is 37.2 Å². The second-order valence-corrected chi connectivity index (χ2v) is 13.0. The Kier molecular flexibility index (Phi) is 10.1. The number of carbonyl (C=O) groups is 2. The number of nitrogens with zero attached hydrogens (tertiary/aromatic N) is 2. The molecule has 3 rings (SSSR count). The van der Waals surface area contributed by atoms with Gasteiger partial charge in [-0.05, 0) is 81.8 Å². The summed E-state index contributed by atoms with van der Waals surface area (Å²) in [5.41, 5.74) is 2.05. The highest BCUT2D eigenvalue weighted by Crippen LogP contribution is 2.26. The lowest BCUT2D eigenvalue weighted by molar-refractivity contribution is -0.139. The number of nitrogens with one attached hydrogen (secondary N) is 1. The molecule has 0 saturated heterocycles. The molecule has 0 bridgehead atoms. The second-order valence-electron chi connectivity index (χ2n) is 9.29.